The first-order chi connectivity index (χ1) is 10.4. The van der Waals surface area contributed by atoms with Crippen molar-refractivity contribution < 1.29 is 8.42 Å². The minimum Gasteiger partial charge on any atom is -0.195 e. The molecule has 0 saturated heterocycles. The molecule has 128 valence electrons. The molecule has 0 saturated carbocycles. The molecule has 22 heavy (non-hydrogen) atoms. The molecule has 0 aromatic heterocycles. The van der Waals surface area contributed by atoms with E-state index in [2.05, 4.69) is 58.6 Å². The number of aryl methyl sites for hydroxylation is 1. The van der Waals surface area contributed by atoms with E-state index in [4.69, 9.17) is 8.42 Å². The Kier molecular flexibility index (Phi) is 14.2. The molecule has 0 aliphatic rings. The second-order valence-corrected chi connectivity index (χ2v) is 9.11. The van der Waals surface area contributed by atoms with Crippen LogP contribution in [-0.4, -0.2) is 8.42 Å². The van der Waals surface area contributed by atoms with Crippen LogP contribution in [-0.2, 0) is 14.7 Å². The maximum Gasteiger partial charge on any atom is 0.317 e. The second-order valence-electron chi connectivity index (χ2n) is 5.44. The predicted octanol–water partition coefficient (Wildman–Crippen LogP) is 6.47. The first kappa shape index (κ1) is 21.8. The fourth-order valence-electron chi connectivity index (χ4n) is 2.28. The molecule has 0 spiro atoms. The standard InChI is InChI=1S/C17H28.Cl2O2S/c1-2-3-4-5-6-7-8-9-11-14-17-15-12-10-13-16-17;1-5(2,3)4/h10,12-13,15-16H,2-9,11,14H2,1H3;. The van der Waals surface area contributed by atoms with Gasteiger partial charge in [0.1, 0.15) is 0 Å². The van der Waals surface area contributed by atoms with Gasteiger partial charge >= 0.3 is 8.26 Å². The van der Waals surface area contributed by atoms with E-state index < -0.39 is 8.26 Å². The highest BCUT2D eigenvalue weighted by molar-refractivity contribution is 8.31. The molecule has 0 amide bonds. The van der Waals surface area contributed by atoms with Crippen LogP contribution < -0.4 is 0 Å². The van der Waals surface area contributed by atoms with E-state index >= 15 is 0 Å². The lowest BCUT2D eigenvalue weighted by molar-refractivity contribution is 0.565. The molecule has 0 fully saturated rings. The molecule has 0 bridgehead atoms. The van der Waals surface area contributed by atoms with Crippen molar-refractivity contribution in [3.05, 3.63) is 35.9 Å². The summed E-state index contributed by atoms with van der Waals surface area (Å²) in [6.45, 7) is 2.28. The first-order valence-corrected chi connectivity index (χ1v) is 11.2. The molecule has 0 atom stereocenters. The van der Waals surface area contributed by atoms with Gasteiger partial charge in [0.2, 0.25) is 0 Å². The van der Waals surface area contributed by atoms with Crippen molar-refractivity contribution in [3.8, 4) is 0 Å². The quantitative estimate of drug-likeness (QED) is 0.351. The predicted molar refractivity (Wildman–Crippen MR) is 98.0 cm³/mol. The van der Waals surface area contributed by atoms with Crippen molar-refractivity contribution in [2.24, 2.45) is 0 Å². The summed E-state index contributed by atoms with van der Waals surface area (Å²) >= 11 is 0. The van der Waals surface area contributed by atoms with Crippen molar-refractivity contribution in [2.75, 3.05) is 0 Å². The molecule has 2 nitrogen and oxygen atoms in total. The zero-order valence-electron chi connectivity index (χ0n) is 13.4. The molecule has 0 radical (unpaired) electrons. The SMILES string of the molecule is CCCCCCCCCCCc1ccccc1.O=S(=O)(Cl)Cl. The van der Waals surface area contributed by atoms with Gasteiger partial charge in [-0.15, -0.1) is 0 Å². The summed E-state index contributed by atoms with van der Waals surface area (Å²) < 4.78 is 18.3. The van der Waals surface area contributed by atoms with Gasteiger partial charge in [0, 0.05) is 21.4 Å². The van der Waals surface area contributed by atoms with Crippen LogP contribution >= 0.6 is 21.4 Å². The van der Waals surface area contributed by atoms with Crippen LogP contribution in [0.5, 0.6) is 0 Å². The van der Waals surface area contributed by atoms with Gasteiger partial charge in [-0.2, -0.15) is 8.42 Å². The average molecular weight is 367 g/mol. The van der Waals surface area contributed by atoms with Gasteiger partial charge in [0.25, 0.3) is 0 Å². The molecule has 0 aliphatic heterocycles. The average Bonchev–Trinajstić information content (AvgIpc) is 2.45. The highest BCUT2D eigenvalue weighted by Gasteiger charge is 1.93. The lowest BCUT2D eigenvalue weighted by Crippen LogP contribution is -1.86. The molecule has 1 aromatic rings. The Morgan fingerprint density at radius 1 is 0.773 bits per heavy atom. The van der Waals surface area contributed by atoms with E-state index in [1.165, 1.54) is 69.8 Å². The minimum absolute atomic E-state index is 1.26. The van der Waals surface area contributed by atoms with Gasteiger partial charge in [-0.05, 0) is 18.4 Å². The van der Waals surface area contributed by atoms with E-state index in [9.17, 15) is 0 Å². The van der Waals surface area contributed by atoms with Gasteiger partial charge in [0.05, 0.1) is 0 Å². The largest absolute Gasteiger partial charge is 0.317 e. The second kappa shape index (κ2) is 14.3. The molecular formula is C17H28Cl2O2S. The molecular weight excluding hydrogens is 339 g/mol. The van der Waals surface area contributed by atoms with E-state index in [-0.39, 0.29) is 0 Å². The van der Waals surface area contributed by atoms with Gasteiger partial charge in [-0.25, -0.2) is 0 Å². The number of rotatable bonds is 10. The van der Waals surface area contributed by atoms with Crippen LogP contribution in [0.15, 0.2) is 30.3 Å². The summed E-state index contributed by atoms with van der Waals surface area (Å²) in [5.74, 6) is 0. The normalized spacial score (nSPS) is 10.9. The third kappa shape index (κ3) is 19.8. The first-order valence-electron chi connectivity index (χ1n) is 8.11. The number of unbranched alkanes of at least 4 members (excludes halogenated alkanes) is 8. The topological polar surface area (TPSA) is 34.1 Å². The smallest absolute Gasteiger partial charge is 0.195 e. The van der Waals surface area contributed by atoms with E-state index in [0.29, 0.717) is 0 Å². The lowest BCUT2D eigenvalue weighted by atomic mass is 10.0. The van der Waals surface area contributed by atoms with Crippen LogP contribution in [0.25, 0.3) is 0 Å². The highest BCUT2D eigenvalue weighted by atomic mass is 36.0. The Morgan fingerprint density at radius 2 is 1.18 bits per heavy atom. The Balaban J connectivity index is 0.000000763. The molecule has 0 heterocycles. The van der Waals surface area contributed by atoms with Gasteiger partial charge < -0.3 is 0 Å². The summed E-state index contributed by atoms with van der Waals surface area (Å²) in [6.07, 6.45) is 14.0. The summed E-state index contributed by atoms with van der Waals surface area (Å²) in [4.78, 5) is 0. The highest BCUT2D eigenvalue weighted by Crippen LogP contribution is 2.11. The van der Waals surface area contributed by atoms with Crippen molar-refractivity contribution in [3.63, 3.8) is 0 Å². The summed E-state index contributed by atoms with van der Waals surface area (Å²) in [6, 6.07) is 10.9. The van der Waals surface area contributed by atoms with Crippen LogP contribution in [0, 0.1) is 0 Å². The molecule has 0 N–H and O–H groups in total. The molecule has 5 heteroatoms. The molecule has 1 aromatic carbocycles. The van der Waals surface area contributed by atoms with Crippen LogP contribution in [0.4, 0.5) is 0 Å². The van der Waals surface area contributed by atoms with Crippen molar-refractivity contribution >= 4 is 29.6 Å². The van der Waals surface area contributed by atoms with Crippen molar-refractivity contribution in [1.29, 1.82) is 0 Å². The monoisotopic (exact) mass is 366 g/mol. The molecule has 1 rings (SSSR count). The lowest BCUT2D eigenvalue weighted by Gasteiger charge is -2.02. The number of benzene rings is 1. The third-order valence-corrected chi connectivity index (χ3v) is 3.41. The zero-order chi connectivity index (χ0) is 16.7. The van der Waals surface area contributed by atoms with Crippen molar-refractivity contribution in [1.82, 2.24) is 0 Å². The number of hydrogen-bond acceptors (Lipinski definition) is 2. The maximum atomic E-state index is 9.16. The van der Waals surface area contributed by atoms with Crippen LogP contribution in [0.2, 0.25) is 0 Å². The Hall–Kier alpha value is -0.250. The summed E-state index contributed by atoms with van der Waals surface area (Å²) in [7, 11) is 4.81. The maximum absolute atomic E-state index is 9.16. The summed E-state index contributed by atoms with van der Waals surface area (Å²) in [5, 5.41) is 0. The van der Waals surface area contributed by atoms with Gasteiger partial charge in [-0.3, -0.25) is 0 Å². The Bertz CT molecular complexity index is 439. The van der Waals surface area contributed by atoms with Crippen LogP contribution in [0.3, 0.4) is 0 Å². The Labute approximate surface area is 145 Å². The Morgan fingerprint density at radius 3 is 1.64 bits per heavy atom. The van der Waals surface area contributed by atoms with Crippen LogP contribution in [0.1, 0.15) is 70.3 Å². The number of hydrogen-bond donors (Lipinski definition) is 0. The minimum atomic E-state index is -3.72. The number of halogens is 2. The molecule has 0 aliphatic carbocycles. The third-order valence-electron chi connectivity index (χ3n) is 3.41. The van der Waals surface area contributed by atoms with E-state index in [0.717, 1.165) is 0 Å². The van der Waals surface area contributed by atoms with Gasteiger partial charge in [0.15, 0.2) is 0 Å². The fourth-order valence-corrected chi connectivity index (χ4v) is 2.28. The van der Waals surface area contributed by atoms with E-state index in [1.54, 1.807) is 0 Å². The zero-order valence-corrected chi connectivity index (χ0v) is 15.8. The fraction of sp³-hybridized carbons (Fsp3) is 0.647. The van der Waals surface area contributed by atoms with E-state index in [1.807, 2.05) is 0 Å². The summed E-state index contributed by atoms with van der Waals surface area (Å²) in [5.41, 5.74) is 1.50. The molecule has 0 unspecified atom stereocenters. The van der Waals surface area contributed by atoms with Crippen molar-refractivity contribution in [2.45, 2.75) is 71.1 Å². The van der Waals surface area contributed by atoms with Gasteiger partial charge in [-0.1, -0.05) is 88.6 Å².